The van der Waals surface area contributed by atoms with E-state index in [0.29, 0.717) is 18.0 Å². The fourth-order valence-corrected chi connectivity index (χ4v) is 2.44. The standard InChI is InChI=1S/C14H19N5O.2ClH/c1-8-11-5-10(6-16-13(11)19(2)18-8)14(20)17-7-12(15)9-3-4-9;;/h5-6,9,12H,3-4,7,15H2,1-2H3,(H,17,20);2*1H. The molecule has 6 nitrogen and oxygen atoms in total. The maximum absolute atomic E-state index is 12.1. The quantitative estimate of drug-likeness (QED) is 0.880. The van der Waals surface area contributed by atoms with Crippen LogP contribution in [0.5, 0.6) is 0 Å². The highest BCUT2D eigenvalue weighted by atomic mass is 35.5. The normalized spacial score (nSPS) is 14.9. The number of nitrogens with zero attached hydrogens (tertiary/aromatic N) is 3. The summed E-state index contributed by atoms with van der Waals surface area (Å²) in [6, 6.07) is 1.90. The van der Waals surface area contributed by atoms with Gasteiger partial charge in [0.2, 0.25) is 0 Å². The molecule has 2 heterocycles. The van der Waals surface area contributed by atoms with Gasteiger partial charge in [0.25, 0.3) is 5.91 Å². The number of pyridine rings is 1. The number of halogens is 2. The SMILES string of the molecule is Cc1nn(C)c2ncc(C(=O)NCC(N)C3CC3)cc12.Cl.Cl. The smallest absolute Gasteiger partial charge is 0.252 e. The Morgan fingerprint density at radius 1 is 1.50 bits per heavy atom. The second-order valence-corrected chi connectivity index (χ2v) is 5.52. The van der Waals surface area contributed by atoms with Crippen molar-refractivity contribution in [3.05, 3.63) is 23.5 Å². The van der Waals surface area contributed by atoms with Crippen molar-refractivity contribution in [2.75, 3.05) is 6.54 Å². The van der Waals surface area contributed by atoms with Gasteiger partial charge in [0.15, 0.2) is 5.65 Å². The monoisotopic (exact) mass is 345 g/mol. The van der Waals surface area contributed by atoms with E-state index in [2.05, 4.69) is 15.4 Å². The highest BCUT2D eigenvalue weighted by Gasteiger charge is 2.28. The van der Waals surface area contributed by atoms with E-state index >= 15 is 0 Å². The molecule has 1 aliphatic rings. The van der Waals surface area contributed by atoms with E-state index in [1.54, 1.807) is 10.9 Å². The first kappa shape index (κ1) is 18.7. The molecular formula is C14H21Cl2N5O. The van der Waals surface area contributed by atoms with Gasteiger partial charge in [-0.15, -0.1) is 24.8 Å². The van der Waals surface area contributed by atoms with Crippen LogP contribution >= 0.6 is 24.8 Å². The molecule has 122 valence electrons. The van der Waals surface area contributed by atoms with E-state index in [-0.39, 0.29) is 36.8 Å². The fourth-order valence-electron chi connectivity index (χ4n) is 2.44. The average molecular weight is 346 g/mol. The summed E-state index contributed by atoms with van der Waals surface area (Å²) in [5.74, 6) is 0.454. The summed E-state index contributed by atoms with van der Waals surface area (Å²) in [4.78, 5) is 16.4. The van der Waals surface area contributed by atoms with Crippen molar-refractivity contribution in [2.24, 2.45) is 18.7 Å². The number of hydrogen-bond donors (Lipinski definition) is 2. The number of fused-ring (bicyclic) bond motifs is 1. The van der Waals surface area contributed by atoms with Crippen LogP contribution in [0.25, 0.3) is 11.0 Å². The summed E-state index contributed by atoms with van der Waals surface area (Å²) in [5, 5.41) is 8.09. The number of nitrogens with one attached hydrogen (secondary N) is 1. The second kappa shape index (κ2) is 7.26. The molecule has 1 fully saturated rings. The van der Waals surface area contributed by atoms with Crippen LogP contribution in [0.1, 0.15) is 28.9 Å². The summed E-state index contributed by atoms with van der Waals surface area (Å²) >= 11 is 0. The van der Waals surface area contributed by atoms with Crippen LogP contribution < -0.4 is 11.1 Å². The number of hydrogen-bond acceptors (Lipinski definition) is 4. The lowest BCUT2D eigenvalue weighted by Gasteiger charge is -2.11. The van der Waals surface area contributed by atoms with E-state index in [0.717, 1.165) is 16.7 Å². The van der Waals surface area contributed by atoms with E-state index < -0.39 is 0 Å². The van der Waals surface area contributed by atoms with Crippen LogP contribution in [0, 0.1) is 12.8 Å². The minimum Gasteiger partial charge on any atom is -0.350 e. The number of carbonyl (C=O) groups excluding carboxylic acids is 1. The lowest BCUT2D eigenvalue weighted by atomic mass is 10.1. The molecule has 1 amide bonds. The molecule has 1 aliphatic carbocycles. The third kappa shape index (κ3) is 3.69. The number of amides is 1. The zero-order valence-corrected chi connectivity index (χ0v) is 14.2. The Hall–Kier alpha value is -1.37. The second-order valence-electron chi connectivity index (χ2n) is 5.52. The average Bonchev–Trinajstić information content (AvgIpc) is 3.24. The number of aryl methyl sites for hydroxylation is 2. The summed E-state index contributed by atoms with van der Waals surface area (Å²) in [7, 11) is 1.84. The zero-order chi connectivity index (χ0) is 14.3. The van der Waals surface area contributed by atoms with Gasteiger partial charge >= 0.3 is 0 Å². The number of carbonyl (C=O) groups is 1. The minimum atomic E-state index is -0.126. The minimum absolute atomic E-state index is 0. The Kier molecular flexibility index (Phi) is 6.17. The third-order valence-corrected chi connectivity index (χ3v) is 3.85. The molecule has 3 rings (SSSR count). The molecular weight excluding hydrogens is 325 g/mol. The largest absolute Gasteiger partial charge is 0.350 e. The highest BCUT2D eigenvalue weighted by Crippen LogP contribution is 2.31. The van der Waals surface area contributed by atoms with Crippen LogP contribution in [0.15, 0.2) is 12.3 Å². The van der Waals surface area contributed by atoms with Crippen LogP contribution in [0.3, 0.4) is 0 Å². The van der Waals surface area contributed by atoms with Crippen molar-refractivity contribution in [3.8, 4) is 0 Å². The Bertz CT molecular complexity index is 669. The van der Waals surface area contributed by atoms with Crippen molar-refractivity contribution in [1.82, 2.24) is 20.1 Å². The number of aromatic nitrogens is 3. The first-order chi connectivity index (χ1) is 9.56. The predicted molar refractivity (Wildman–Crippen MR) is 90.8 cm³/mol. The molecule has 3 N–H and O–H groups in total. The molecule has 22 heavy (non-hydrogen) atoms. The van der Waals surface area contributed by atoms with Crippen LogP contribution in [-0.4, -0.2) is 33.3 Å². The molecule has 1 saturated carbocycles. The number of nitrogens with two attached hydrogens (primary N) is 1. The summed E-state index contributed by atoms with van der Waals surface area (Å²) < 4.78 is 1.72. The molecule has 0 spiro atoms. The lowest BCUT2D eigenvalue weighted by Crippen LogP contribution is -2.38. The Morgan fingerprint density at radius 2 is 2.18 bits per heavy atom. The molecule has 0 bridgehead atoms. The van der Waals surface area contributed by atoms with Crippen LogP contribution in [0.2, 0.25) is 0 Å². The Labute approximate surface area is 141 Å². The Morgan fingerprint density at radius 3 is 2.82 bits per heavy atom. The van der Waals surface area contributed by atoms with Crippen molar-refractivity contribution in [1.29, 1.82) is 0 Å². The van der Waals surface area contributed by atoms with Gasteiger partial charge < -0.3 is 11.1 Å². The van der Waals surface area contributed by atoms with E-state index in [9.17, 15) is 4.79 Å². The van der Waals surface area contributed by atoms with Crippen molar-refractivity contribution in [2.45, 2.75) is 25.8 Å². The van der Waals surface area contributed by atoms with Gasteiger partial charge in [0.1, 0.15) is 0 Å². The number of rotatable bonds is 4. The zero-order valence-electron chi connectivity index (χ0n) is 12.6. The summed E-state index contributed by atoms with van der Waals surface area (Å²) in [5.41, 5.74) is 8.19. The molecule has 0 aliphatic heterocycles. The van der Waals surface area contributed by atoms with Crippen LogP contribution in [0.4, 0.5) is 0 Å². The molecule has 2 aromatic heterocycles. The maximum atomic E-state index is 12.1. The van der Waals surface area contributed by atoms with Gasteiger partial charge in [0, 0.05) is 31.2 Å². The molecule has 0 radical (unpaired) electrons. The van der Waals surface area contributed by atoms with E-state index in [4.69, 9.17) is 5.73 Å². The molecule has 1 atom stereocenters. The summed E-state index contributed by atoms with van der Waals surface area (Å²) in [6.45, 7) is 2.43. The van der Waals surface area contributed by atoms with E-state index in [1.165, 1.54) is 12.8 Å². The predicted octanol–water partition coefficient (Wildman–Crippen LogP) is 1.59. The molecule has 0 aromatic carbocycles. The Balaban J connectivity index is 0.00000121. The van der Waals surface area contributed by atoms with Gasteiger partial charge in [-0.2, -0.15) is 5.10 Å². The third-order valence-electron chi connectivity index (χ3n) is 3.85. The van der Waals surface area contributed by atoms with Gasteiger partial charge in [-0.3, -0.25) is 9.48 Å². The van der Waals surface area contributed by atoms with Gasteiger partial charge in [0.05, 0.1) is 11.3 Å². The molecule has 0 saturated heterocycles. The van der Waals surface area contributed by atoms with Gasteiger partial charge in [-0.1, -0.05) is 0 Å². The first-order valence-corrected chi connectivity index (χ1v) is 6.89. The summed E-state index contributed by atoms with van der Waals surface area (Å²) in [6.07, 6.45) is 3.94. The molecule has 1 unspecified atom stereocenters. The molecule has 8 heteroatoms. The lowest BCUT2D eigenvalue weighted by molar-refractivity contribution is 0.0950. The first-order valence-electron chi connectivity index (χ1n) is 6.89. The van der Waals surface area contributed by atoms with Crippen LogP contribution in [-0.2, 0) is 7.05 Å². The maximum Gasteiger partial charge on any atom is 0.252 e. The van der Waals surface area contributed by atoms with Crippen molar-refractivity contribution >= 4 is 41.8 Å². The van der Waals surface area contributed by atoms with Gasteiger partial charge in [-0.25, -0.2) is 4.98 Å². The highest BCUT2D eigenvalue weighted by molar-refractivity contribution is 5.97. The molecule has 2 aromatic rings. The topological polar surface area (TPSA) is 85.8 Å². The van der Waals surface area contributed by atoms with Crippen molar-refractivity contribution in [3.63, 3.8) is 0 Å². The fraction of sp³-hybridized carbons (Fsp3) is 0.500. The van der Waals surface area contributed by atoms with Crippen molar-refractivity contribution < 1.29 is 4.79 Å². The van der Waals surface area contributed by atoms with E-state index in [1.807, 2.05) is 20.0 Å². The van der Waals surface area contributed by atoms with Gasteiger partial charge in [-0.05, 0) is 31.7 Å².